The SMILES string of the molecule is COC(=O)c1cc(N)cn1CC(C)(C)C(=O)OC. The molecule has 1 heterocycles. The van der Waals surface area contributed by atoms with Gasteiger partial charge in [0, 0.05) is 12.7 Å². The molecule has 6 heteroatoms. The van der Waals surface area contributed by atoms with Gasteiger partial charge in [-0.1, -0.05) is 0 Å². The van der Waals surface area contributed by atoms with Crippen molar-refractivity contribution >= 4 is 17.6 Å². The summed E-state index contributed by atoms with van der Waals surface area (Å²) in [6.07, 6.45) is 1.59. The number of hydrogen-bond acceptors (Lipinski definition) is 5. The van der Waals surface area contributed by atoms with Crippen LogP contribution in [0.15, 0.2) is 12.3 Å². The number of carbonyl (C=O) groups excluding carboxylic acids is 2. The van der Waals surface area contributed by atoms with Crippen LogP contribution in [0, 0.1) is 5.41 Å². The molecule has 6 nitrogen and oxygen atoms in total. The second-order valence-corrected chi connectivity index (χ2v) is 4.65. The van der Waals surface area contributed by atoms with Gasteiger partial charge in [0.15, 0.2) is 0 Å². The lowest BCUT2D eigenvalue weighted by molar-refractivity contribution is -0.151. The Hall–Kier alpha value is -1.98. The first-order valence-corrected chi connectivity index (χ1v) is 5.44. The number of esters is 2. The Balaban J connectivity index is 3.04. The summed E-state index contributed by atoms with van der Waals surface area (Å²) < 4.78 is 11.0. The Morgan fingerprint density at radius 3 is 2.44 bits per heavy atom. The maximum Gasteiger partial charge on any atom is 0.354 e. The highest BCUT2D eigenvalue weighted by atomic mass is 16.5. The van der Waals surface area contributed by atoms with Gasteiger partial charge in [0.05, 0.1) is 25.3 Å². The van der Waals surface area contributed by atoms with Crippen LogP contribution in [0.1, 0.15) is 24.3 Å². The van der Waals surface area contributed by atoms with E-state index in [-0.39, 0.29) is 12.5 Å². The highest BCUT2D eigenvalue weighted by molar-refractivity contribution is 5.89. The topological polar surface area (TPSA) is 83.5 Å². The van der Waals surface area contributed by atoms with Gasteiger partial charge in [-0.05, 0) is 19.9 Å². The Morgan fingerprint density at radius 1 is 1.33 bits per heavy atom. The van der Waals surface area contributed by atoms with Crippen molar-refractivity contribution in [2.45, 2.75) is 20.4 Å². The van der Waals surface area contributed by atoms with Crippen molar-refractivity contribution in [3.05, 3.63) is 18.0 Å². The molecule has 100 valence electrons. The molecule has 1 rings (SSSR count). The predicted octanol–water partition coefficient (Wildman–Crippen LogP) is 1.06. The van der Waals surface area contributed by atoms with E-state index >= 15 is 0 Å². The van der Waals surface area contributed by atoms with E-state index in [2.05, 4.69) is 4.74 Å². The van der Waals surface area contributed by atoms with Crippen LogP contribution in [-0.2, 0) is 20.8 Å². The fourth-order valence-electron chi connectivity index (χ4n) is 1.71. The molecule has 1 aromatic heterocycles. The maximum atomic E-state index is 11.6. The van der Waals surface area contributed by atoms with E-state index in [1.54, 1.807) is 24.6 Å². The molecule has 0 aliphatic heterocycles. The van der Waals surface area contributed by atoms with E-state index in [4.69, 9.17) is 10.5 Å². The average molecular weight is 254 g/mol. The van der Waals surface area contributed by atoms with Crippen molar-refractivity contribution < 1.29 is 19.1 Å². The smallest absolute Gasteiger partial charge is 0.354 e. The first-order chi connectivity index (χ1) is 8.31. The monoisotopic (exact) mass is 254 g/mol. The zero-order chi connectivity index (χ0) is 13.9. The number of nitrogen functional groups attached to an aromatic ring is 1. The van der Waals surface area contributed by atoms with Crippen LogP contribution in [0.2, 0.25) is 0 Å². The van der Waals surface area contributed by atoms with Crippen LogP contribution in [0.3, 0.4) is 0 Å². The van der Waals surface area contributed by atoms with E-state index < -0.39 is 11.4 Å². The molecule has 0 fully saturated rings. The van der Waals surface area contributed by atoms with Crippen molar-refractivity contribution in [3.63, 3.8) is 0 Å². The molecular formula is C12H18N2O4. The fraction of sp³-hybridized carbons (Fsp3) is 0.500. The minimum atomic E-state index is -0.761. The third kappa shape index (κ3) is 2.82. The molecule has 0 atom stereocenters. The van der Waals surface area contributed by atoms with Gasteiger partial charge >= 0.3 is 11.9 Å². The first-order valence-electron chi connectivity index (χ1n) is 5.44. The summed E-state index contributed by atoms with van der Waals surface area (Å²) in [7, 11) is 2.62. The summed E-state index contributed by atoms with van der Waals surface area (Å²) in [4.78, 5) is 23.2. The maximum absolute atomic E-state index is 11.6. The Morgan fingerprint density at radius 2 is 1.94 bits per heavy atom. The summed E-state index contributed by atoms with van der Waals surface area (Å²) in [5.41, 5.74) is 5.65. The highest BCUT2D eigenvalue weighted by Crippen LogP contribution is 2.23. The lowest BCUT2D eigenvalue weighted by Gasteiger charge is -2.22. The van der Waals surface area contributed by atoms with E-state index in [0.717, 1.165) is 0 Å². The molecule has 0 spiro atoms. The minimum Gasteiger partial charge on any atom is -0.469 e. The largest absolute Gasteiger partial charge is 0.469 e. The number of carbonyl (C=O) groups is 2. The van der Waals surface area contributed by atoms with Gasteiger partial charge in [-0.3, -0.25) is 4.79 Å². The molecule has 2 N–H and O–H groups in total. The zero-order valence-corrected chi connectivity index (χ0v) is 11.0. The molecule has 0 bridgehead atoms. The summed E-state index contributed by atoms with van der Waals surface area (Å²) in [6.45, 7) is 3.74. The normalized spacial score (nSPS) is 11.1. The minimum absolute atomic E-state index is 0.279. The lowest BCUT2D eigenvalue weighted by atomic mass is 9.93. The number of nitrogens with two attached hydrogens (primary N) is 1. The van der Waals surface area contributed by atoms with E-state index in [0.29, 0.717) is 11.4 Å². The molecule has 0 saturated carbocycles. The van der Waals surface area contributed by atoms with Crippen LogP contribution in [0.4, 0.5) is 5.69 Å². The number of methoxy groups -OCH3 is 2. The van der Waals surface area contributed by atoms with Gasteiger partial charge in [-0.2, -0.15) is 0 Å². The molecule has 0 aliphatic rings. The summed E-state index contributed by atoms with van der Waals surface area (Å²) in [5, 5.41) is 0. The lowest BCUT2D eigenvalue weighted by Crippen LogP contribution is -2.31. The molecule has 1 aromatic rings. The van der Waals surface area contributed by atoms with Gasteiger partial charge in [-0.15, -0.1) is 0 Å². The van der Waals surface area contributed by atoms with Crippen molar-refractivity contribution in [1.29, 1.82) is 0 Å². The molecule has 0 unspecified atom stereocenters. The summed E-state index contributed by atoms with van der Waals surface area (Å²) in [6, 6.07) is 1.51. The zero-order valence-electron chi connectivity index (χ0n) is 11.0. The number of aromatic nitrogens is 1. The van der Waals surface area contributed by atoms with Gasteiger partial charge in [0.2, 0.25) is 0 Å². The number of nitrogens with zero attached hydrogens (tertiary/aromatic N) is 1. The van der Waals surface area contributed by atoms with Gasteiger partial charge in [0.25, 0.3) is 0 Å². The predicted molar refractivity (Wildman–Crippen MR) is 66.0 cm³/mol. The van der Waals surface area contributed by atoms with E-state index in [9.17, 15) is 9.59 Å². The van der Waals surface area contributed by atoms with Gasteiger partial charge in [-0.25, -0.2) is 4.79 Å². The van der Waals surface area contributed by atoms with Crippen LogP contribution in [0.5, 0.6) is 0 Å². The molecule has 0 aromatic carbocycles. The second-order valence-electron chi connectivity index (χ2n) is 4.65. The molecule has 0 saturated heterocycles. The molecular weight excluding hydrogens is 236 g/mol. The van der Waals surface area contributed by atoms with Gasteiger partial charge < -0.3 is 19.8 Å². The van der Waals surface area contributed by atoms with Crippen LogP contribution >= 0.6 is 0 Å². The van der Waals surface area contributed by atoms with Crippen molar-refractivity contribution in [2.24, 2.45) is 5.41 Å². The van der Waals surface area contributed by atoms with Crippen LogP contribution in [0.25, 0.3) is 0 Å². The quantitative estimate of drug-likeness (QED) is 0.812. The molecule has 18 heavy (non-hydrogen) atoms. The summed E-state index contributed by atoms with van der Waals surface area (Å²) in [5.74, 6) is -0.849. The molecule has 0 aliphatic carbocycles. The van der Waals surface area contributed by atoms with Crippen LogP contribution in [-0.4, -0.2) is 30.7 Å². The van der Waals surface area contributed by atoms with Crippen molar-refractivity contribution in [3.8, 4) is 0 Å². The van der Waals surface area contributed by atoms with Gasteiger partial charge in [0.1, 0.15) is 5.69 Å². The Kier molecular flexibility index (Phi) is 4.00. The second kappa shape index (κ2) is 5.12. The number of hydrogen-bond donors (Lipinski definition) is 1. The third-order valence-electron chi connectivity index (χ3n) is 2.62. The van der Waals surface area contributed by atoms with E-state index in [1.807, 2.05) is 0 Å². The average Bonchev–Trinajstić information content (AvgIpc) is 2.67. The standard InChI is InChI=1S/C12H18N2O4/c1-12(2,11(16)18-4)7-14-6-8(13)5-9(14)10(15)17-3/h5-6H,7,13H2,1-4H3. The number of anilines is 1. The van der Waals surface area contributed by atoms with Crippen molar-refractivity contribution in [2.75, 3.05) is 20.0 Å². The van der Waals surface area contributed by atoms with Crippen molar-refractivity contribution in [1.82, 2.24) is 4.57 Å². The van der Waals surface area contributed by atoms with Crippen LogP contribution < -0.4 is 5.73 Å². The summed E-state index contributed by atoms with van der Waals surface area (Å²) >= 11 is 0. The Bertz CT molecular complexity index is 463. The van der Waals surface area contributed by atoms with E-state index in [1.165, 1.54) is 20.3 Å². The fourth-order valence-corrected chi connectivity index (χ4v) is 1.71. The first kappa shape index (κ1) is 14.1. The highest BCUT2D eigenvalue weighted by Gasteiger charge is 2.30. The molecule has 0 amide bonds. The third-order valence-corrected chi connectivity index (χ3v) is 2.62. The Labute approximate surface area is 106 Å². The number of rotatable bonds is 4. The number of ether oxygens (including phenoxy) is 2. The molecule has 0 radical (unpaired) electrons.